The third-order valence-corrected chi connectivity index (χ3v) is 5.83. The molecule has 1 aliphatic carbocycles. The van der Waals surface area contributed by atoms with Gasteiger partial charge in [-0.15, -0.1) is 5.10 Å². The molecule has 1 saturated carbocycles. The molecule has 9 nitrogen and oxygen atoms in total. The van der Waals surface area contributed by atoms with Crippen LogP contribution in [0.4, 0.5) is 11.6 Å². The highest BCUT2D eigenvalue weighted by molar-refractivity contribution is 5.87. The van der Waals surface area contributed by atoms with Crippen molar-refractivity contribution < 1.29 is 0 Å². The summed E-state index contributed by atoms with van der Waals surface area (Å²) in [5.74, 6) is 1.59. The van der Waals surface area contributed by atoms with Crippen molar-refractivity contribution in [2.45, 2.75) is 39.2 Å². The highest BCUT2D eigenvalue weighted by Gasteiger charge is 2.27. The molecule has 0 saturated heterocycles. The van der Waals surface area contributed by atoms with Crippen molar-refractivity contribution in [1.29, 1.82) is 0 Å². The number of aryl methyl sites for hydroxylation is 3. The zero-order valence-electron chi connectivity index (χ0n) is 17.7. The van der Waals surface area contributed by atoms with Crippen molar-refractivity contribution in [1.82, 2.24) is 38.9 Å². The van der Waals surface area contributed by atoms with Gasteiger partial charge in [-0.05, 0) is 38.3 Å². The Morgan fingerprint density at radius 3 is 2.81 bits per heavy atom. The van der Waals surface area contributed by atoms with E-state index in [1.165, 1.54) is 12.8 Å². The molecule has 0 radical (unpaired) electrons. The highest BCUT2D eigenvalue weighted by Crippen LogP contribution is 2.39. The van der Waals surface area contributed by atoms with Crippen LogP contribution in [0.25, 0.3) is 27.8 Å². The van der Waals surface area contributed by atoms with Crippen LogP contribution >= 0.6 is 0 Å². The first-order valence-corrected chi connectivity index (χ1v) is 10.6. The molecule has 1 N–H and O–H groups in total. The fourth-order valence-electron chi connectivity index (χ4n) is 4.28. The maximum absolute atomic E-state index is 4.79. The van der Waals surface area contributed by atoms with E-state index in [4.69, 9.17) is 4.98 Å². The van der Waals surface area contributed by atoms with Gasteiger partial charge in [0.1, 0.15) is 5.82 Å². The van der Waals surface area contributed by atoms with E-state index in [0.29, 0.717) is 12.0 Å². The molecule has 0 aliphatic heterocycles. The number of hydrogen-bond acceptors (Lipinski definition) is 6. The molecule has 5 aromatic heterocycles. The van der Waals surface area contributed by atoms with Crippen LogP contribution in [-0.4, -0.2) is 38.9 Å². The molecule has 0 atom stereocenters. The first-order chi connectivity index (χ1) is 15.1. The van der Waals surface area contributed by atoms with Crippen molar-refractivity contribution in [3.63, 3.8) is 0 Å². The number of anilines is 2. The zero-order valence-corrected chi connectivity index (χ0v) is 17.7. The number of aromatic nitrogens is 8. The molecule has 31 heavy (non-hydrogen) atoms. The lowest BCUT2D eigenvalue weighted by molar-refractivity contribution is 0.734. The van der Waals surface area contributed by atoms with Gasteiger partial charge >= 0.3 is 0 Å². The van der Waals surface area contributed by atoms with Gasteiger partial charge in [-0.3, -0.25) is 4.68 Å². The Kier molecular flexibility index (Phi) is 3.86. The summed E-state index contributed by atoms with van der Waals surface area (Å²) >= 11 is 0. The molecule has 0 bridgehead atoms. The molecule has 156 valence electrons. The number of pyridine rings is 1. The Labute approximate surface area is 178 Å². The molecule has 0 spiro atoms. The Bertz CT molecular complexity index is 1430. The lowest BCUT2D eigenvalue weighted by Crippen LogP contribution is -2.05. The Morgan fingerprint density at radius 2 is 2.06 bits per heavy atom. The van der Waals surface area contributed by atoms with Gasteiger partial charge in [0, 0.05) is 42.8 Å². The minimum atomic E-state index is 0.551. The number of fused-ring (bicyclic) bond motifs is 2. The Balaban J connectivity index is 1.46. The van der Waals surface area contributed by atoms with Crippen LogP contribution in [0.1, 0.15) is 37.3 Å². The SMILES string of the molecule is CCc1nc(Nc2cnn(C)c2)nn2ccc(-c3cnc4nc(C)n(C5CC5)c4c3)c12. The predicted octanol–water partition coefficient (Wildman–Crippen LogP) is 3.82. The number of nitrogens with one attached hydrogen (secondary N) is 1. The summed E-state index contributed by atoms with van der Waals surface area (Å²) in [6.07, 6.45) is 10.8. The van der Waals surface area contributed by atoms with Crippen molar-refractivity contribution in [3.8, 4) is 11.1 Å². The topological polar surface area (TPSA) is 90.8 Å². The van der Waals surface area contributed by atoms with Crippen LogP contribution in [-0.2, 0) is 13.5 Å². The molecule has 0 amide bonds. The first-order valence-electron chi connectivity index (χ1n) is 10.6. The minimum Gasteiger partial charge on any atom is -0.324 e. The van der Waals surface area contributed by atoms with Crippen molar-refractivity contribution in [3.05, 3.63) is 48.4 Å². The van der Waals surface area contributed by atoms with E-state index in [1.807, 2.05) is 30.2 Å². The zero-order chi connectivity index (χ0) is 21.1. The third-order valence-electron chi connectivity index (χ3n) is 5.83. The summed E-state index contributed by atoms with van der Waals surface area (Å²) in [6.45, 7) is 4.17. The van der Waals surface area contributed by atoms with Gasteiger partial charge in [-0.2, -0.15) is 5.10 Å². The molecule has 1 aliphatic rings. The normalized spacial score (nSPS) is 14.0. The minimum absolute atomic E-state index is 0.551. The van der Waals surface area contributed by atoms with Gasteiger partial charge < -0.3 is 9.88 Å². The largest absolute Gasteiger partial charge is 0.324 e. The van der Waals surface area contributed by atoms with E-state index in [0.717, 1.165) is 51.4 Å². The molecule has 1 fully saturated rings. The van der Waals surface area contributed by atoms with Gasteiger partial charge in [0.15, 0.2) is 5.65 Å². The van der Waals surface area contributed by atoms with E-state index in [-0.39, 0.29) is 0 Å². The van der Waals surface area contributed by atoms with Gasteiger partial charge in [-0.1, -0.05) is 6.92 Å². The highest BCUT2D eigenvalue weighted by atomic mass is 15.3. The molecule has 0 unspecified atom stereocenters. The van der Waals surface area contributed by atoms with E-state index in [2.05, 4.69) is 56.0 Å². The van der Waals surface area contributed by atoms with Crippen LogP contribution in [0.3, 0.4) is 0 Å². The summed E-state index contributed by atoms with van der Waals surface area (Å²) in [7, 11) is 1.88. The van der Waals surface area contributed by atoms with Gasteiger partial charge in [0.25, 0.3) is 0 Å². The number of hydrogen-bond donors (Lipinski definition) is 1. The van der Waals surface area contributed by atoms with Gasteiger partial charge in [0.05, 0.1) is 28.6 Å². The van der Waals surface area contributed by atoms with E-state index >= 15 is 0 Å². The van der Waals surface area contributed by atoms with E-state index in [9.17, 15) is 0 Å². The fourth-order valence-corrected chi connectivity index (χ4v) is 4.28. The van der Waals surface area contributed by atoms with Crippen LogP contribution < -0.4 is 5.32 Å². The molecule has 9 heteroatoms. The standard InChI is InChI=1S/C22H23N9/c1-4-18-20-17(7-8-30(20)28-22(27-18)26-15-11-24-29(3)12-15)14-9-19-21(23-10-14)25-13(2)31(19)16-5-6-16/h7-12,16H,4-6H2,1-3H3,(H,26,28). The van der Waals surface area contributed by atoms with E-state index in [1.54, 1.807) is 10.9 Å². The van der Waals surface area contributed by atoms with Crippen LogP contribution in [0.2, 0.25) is 0 Å². The number of rotatable bonds is 5. The van der Waals surface area contributed by atoms with Crippen LogP contribution in [0.5, 0.6) is 0 Å². The molecular weight excluding hydrogens is 390 g/mol. The van der Waals surface area contributed by atoms with Crippen molar-refractivity contribution in [2.24, 2.45) is 7.05 Å². The first kappa shape index (κ1) is 18.1. The molecule has 5 aromatic rings. The van der Waals surface area contributed by atoms with Gasteiger partial charge in [-0.25, -0.2) is 19.5 Å². The summed E-state index contributed by atoms with van der Waals surface area (Å²) in [5.41, 5.74) is 6.90. The monoisotopic (exact) mass is 413 g/mol. The third kappa shape index (κ3) is 2.96. The molecular formula is C22H23N9. The second kappa shape index (κ2) is 6.63. The summed E-state index contributed by atoms with van der Waals surface area (Å²) < 4.78 is 5.97. The summed E-state index contributed by atoms with van der Waals surface area (Å²) in [5, 5.41) is 12.1. The van der Waals surface area contributed by atoms with Gasteiger partial charge in [0.2, 0.25) is 5.95 Å². The maximum Gasteiger partial charge on any atom is 0.245 e. The maximum atomic E-state index is 4.79. The second-order valence-corrected chi connectivity index (χ2v) is 8.11. The Morgan fingerprint density at radius 1 is 1.19 bits per heavy atom. The Hall–Kier alpha value is -3.75. The fraction of sp³-hybridized carbons (Fsp3) is 0.318. The molecule has 5 heterocycles. The van der Waals surface area contributed by atoms with E-state index < -0.39 is 0 Å². The smallest absolute Gasteiger partial charge is 0.245 e. The predicted molar refractivity (Wildman–Crippen MR) is 118 cm³/mol. The van der Waals surface area contributed by atoms with Crippen LogP contribution in [0.15, 0.2) is 36.9 Å². The summed E-state index contributed by atoms with van der Waals surface area (Å²) in [4.78, 5) is 14.1. The van der Waals surface area contributed by atoms with Crippen molar-refractivity contribution >= 4 is 28.3 Å². The summed E-state index contributed by atoms with van der Waals surface area (Å²) in [6, 6.07) is 4.85. The van der Waals surface area contributed by atoms with Crippen molar-refractivity contribution in [2.75, 3.05) is 5.32 Å². The average molecular weight is 413 g/mol. The quantitative estimate of drug-likeness (QED) is 0.471. The number of nitrogens with zero attached hydrogens (tertiary/aromatic N) is 8. The second-order valence-electron chi connectivity index (χ2n) is 8.11. The molecule has 6 rings (SSSR count). The lowest BCUT2D eigenvalue weighted by Gasteiger charge is -2.09. The van der Waals surface area contributed by atoms with Crippen LogP contribution in [0, 0.1) is 6.92 Å². The number of imidazole rings is 1. The lowest BCUT2D eigenvalue weighted by atomic mass is 10.1. The average Bonchev–Trinajstić information content (AvgIpc) is 3.21. The molecule has 0 aromatic carbocycles.